The molecule has 0 aliphatic rings. The smallest absolute Gasteiger partial charge is 0.0922 e. The molecule has 0 saturated carbocycles. The molecule has 1 aromatic rings. The molecule has 0 fully saturated rings. The molecule has 1 atom stereocenters. The van der Waals surface area contributed by atoms with Gasteiger partial charge in [-0.25, -0.2) is 4.98 Å². The molecule has 0 aromatic carbocycles. The number of H-pyrrole nitrogens is 1. The Kier molecular flexibility index (Phi) is 5.36. The highest BCUT2D eigenvalue weighted by Crippen LogP contribution is 1.92. The predicted molar refractivity (Wildman–Crippen MR) is 62.6 cm³/mol. The third-order valence-electron chi connectivity index (χ3n) is 2.20. The molecule has 3 N–H and O–H groups in total. The molecule has 0 aliphatic heterocycles. The summed E-state index contributed by atoms with van der Waals surface area (Å²) in [5.41, 5.74) is 1.13. The third-order valence-corrected chi connectivity index (χ3v) is 2.20. The summed E-state index contributed by atoms with van der Waals surface area (Å²) in [6, 6.07) is 0.479. The predicted octanol–water partition coefficient (Wildman–Crippen LogP) is 1.13. The van der Waals surface area contributed by atoms with Crippen molar-refractivity contribution < 1.29 is 0 Å². The van der Waals surface area contributed by atoms with Crippen molar-refractivity contribution in [1.82, 2.24) is 20.6 Å². The highest BCUT2D eigenvalue weighted by atomic mass is 15.0. The zero-order chi connectivity index (χ0) is 11.1. The van der Waals surface area contributed by atoms with Gasteiger partial charge in [0.15, 0.2) is 0 Å². The Bertz CT molecular complexity index is 243. The Morgan fingerprint density at radius 1 is 1.33 bits per heavy atom. The van der Waals surface area contributed by atoms with E-state index < -0.39 is 0 Å². The maximum absolute atomic E-state index is 3.97. The van der Waals surface area contributed by atoms with Gasteiger partial charge in [-0.3, -0.25) is 0 Å². The molecule has 1 unspecified atom stereocenters. The maximum Gasteiger partial charge on any atom is 0.0922 e. The number of imidazole rings is 1. The highest BCUT2D eigenvalue weighted by molar-refractivity contribution is 4.93. The van der Waals surface area contributed by atoms with E-state index >= 15 is 0 Å². The fraction of sp³-hybridized carbons (Fsp3) is 0.727. The van der Waals surface area contributed by atoms with Crippen LogP contribution in [0.25, 0.3) is 0 Å². The van der Waals surface area contributed by atoms with Crippen molar-refractivity contribution in [3.63, 3.8) is 0 Å². The van der Waals surface area contributed by atoms with Gasteiger partial charge in [-0.2, -0.15) is 0 Å². The Hall–Kier alpha value is -0.870. The van der Waals surface area contributed by atoms with E-state index in [-0.39, 0.29) is 0 Å². The van der Waals surface area contributed by atoms with Gasteiger partial charge in [-0.15, -0.1) is 0 Å². The van der Waals surface area contributed by atoms with Crippen LogP contribution in [0.3, 0.4) is 0 Å². The van der Waals surface area contributed by atoms with Crippen molar-refractivity contribution in [2.24, 2.45) is 5.92 Å². The molecule has 0 amide bonds. The van der Waals surface area contributed by atoms with E-state index in [4.69, 9.17) is 0 Å². The largest absolute Gasteiger partial charge is 0.347 e. The maximum atomic E-state index is 3.97. The summed E-state index contributed by atoms with van der Waals surface area (Å²) >= 11 is 0. The summed E-state index contributed by atoms with van der Waals surface area (Å²) in [7, 11) is 0. The number of nitrogens with one attached hydrogen (secondary N) is 3. The average Bonchev–Trinajstić information content (AvgIpc) is 2.66. The van der Waals surface area contributed by atoms with Crippen molar-refractivity contribution in [3.8, 4) is 0 Å². The van der Waals surface area contributed by atoms with Gasteiger partial charge in [0, 0.05) is 31.0 Å². The number of hydrogen-bond donors (Lipinski definition) is 3. The fourth-order valence-corrected chi connectivity index (χ4v) is 1.33. The molecule has 15 heavy (non-hydrogen) atoms. The van der Waals surface area contributed by atoms with E-state index in [2.05, 4.69) is 41.4 Å². The average molecular weight is 210 g/mol. The van der Waals surface area contributed by atoms with E-state index in [0.717, 1.165) is 25.3 Å². The summed E-state index contributed by atoms with van der Waals surface area (Å²) < 4.78 is 0. The van der Waals surface area contributed by atoms with Crippen LogP contribution >= 0.6 is 0 Å². The summed E-state index contributed by atoms with van der Waals surface area (Å²) in [6.07, 6.45) is 3.56. The fourth-order valence-electron chi connectivity index (χ4n) is 1.33. The van der Waals surface area contributed by atoms with Gasteiger partial charge in [-0.05, 0) is 19.4 Å². The summed E-state index contributed by atoms with van der Waals surface area (Å²) in [4.78, 5) is 7.05. The Labute approximate surface area is 91.9 Å². The van der Waals surface area contributed by atoms with Crippen LogP contribution in [0, 0.1) is 5.92 Å². The Morgan fingerprint density at radius 3 is 2.73 bits per heavy atom. The van der Waals surface area contributed by atoms with E-state index in [1.54, 1.807) is 6.33 Å². The molecule has 1 rings (SSSR count). The van der Waals surface area contributed by atoms with Crippen LogP contribution in [0.4, 0.5) is 0 Å². The van der Waals surface area contributed by atoms with Crippen molar-refractivity contribution in [3.05, 3.63) is 18.2 Å². The van der Waals surface area contributed by atoms with Crippen LogP contribution in [0.1, 0.15) is 26.5 Å². The molecule has 0 aliphatic carbocycles. The van der Waals surface area contributed by atoms with Gasteiger partial charge in [0.05, 0.1) is 6.33 Å². The first-order valence-corrected chi connectivity index (χ1v) is 5.60. The van der Waals surface area contributed by atoms with E-state index in [1.807, 2.05) is 6.20 Å². The number of nitrogens with zero attached hydrogens (tertiary/aromatic N) is 1. The van der Waals surface area contributed by atoms with Gasteiger partial charge < -0.3 is 15.6 Å². The lowest BCUT2D eigenvalue weighted by molar-refractivity contribution is 0.470. The summed E-state index contributed by atoms with van der Waals surface area (Å²) in [6.45, 7) is 9.56. The second-order valence-electron chi connectivity index (χ2n) is 4.41. The molecule has 4 heteroatoms. The van der Waals surface area contributed by atoms with Crippen LogP contribution in [0.15, 0.2) is 12.5 Å². The van der Waals surface area contributed by atoms with Gasteiger partial charge in [-0.1, -0.05) is 13.8 Å². The standard InChI is InChI=1S/C11H22N4/c1-9(2)4-12-5-10(3)14-7-11-6-13-8-15-11/h6,8-10,12,14H,4-5,7H2,1-3H3,(H,13,15). The molecule has 0 saturated heterocycles. The quantitative estimate of drug-likeness (QED) is 0.632. The molecule has 0 spiro atoms. The zero-order valence-corrected chi connectivity index (χ0v) is 9.88. The lowest BCUT2D eigenvalue weighted by atomic mass is 10.2. The first-order chi connectivity index (χ1) is 7.18. The monoisotopic (exact) mass is 210 g/mol. The number of aromatic nitrogens is 2. The normalized spacial score (nSPS) is 13.3. The van der Waals surface area contributed by atoms with Crippen LogP contribution in [-0.4, -0.2) is 29.1 Å². The third kappa shape index (κ3) is 5.54. The summed E-state index contributed by atoms with van der Waals surface area (Å²) in [5.74, 6) is 0.713. The van der Waals surface area contributed by atoms with Gasteiger partial charge in [0.2, 0.25) is 0 Å². The first kappa shape index (κ1) is 12.2. The molecule has 4 nitrogen and oxygen atoms in total. The minimum Gasteiger partial charge on any atom is -0.347 e. The topological polar surface area (TPSA) is 52.7 Å². The van der Waals surface area contributed by atoms with Gasteiger partial charge >= 0.3 is 0 Å². The zero-order valence-electron chi connectivity index (χ0n) is 9.88. The van der Waals surface area contributed by atoms with Crippen molar-refractivity contribution in [2.75, 3.05) is 13.1 Å². The molecule has 1 heterocycles. The minimum atomic E-state index is 0.479. The van der Waals surface area contributed by atoms with E-state index in [1.165, 1.54) is 0 Å². The van der Waals surface area contributed by atoms with Gasteiger partial charge in [0.25, 0.3) is 0 Å². The first-order valence-electron chi connectivity index (χ1n) is 5.60. The van der Waals surface area contributed by atoms with Crippen LogP contribution < -0.4 is 10.6 Å². The van der Waals surface area contributed by atoms with Crippen LogP contribution in [0.5, 0.6) is 0 Å². The Balaban J connectivity index is 2.06. The molecule has 86 valence electrons. The number of rotatable bonds is 7. The lowest BCUT2D eigenvalue weighted by Gasteiger charge is -2.15. The van der Waals surface area contributed by atoms with E-state index in [0.29, 0.717) is 12.0 Å². The number of hydrogen-bond acceptors (Lipinski definition) is 3. The highest BCUT2D eigenvalue weighted by Gasteiger charge is 2.02. The van der Waals surface area contributed by atoms with Crippen LogP contribution in [-0.2, 0) is 6.54 Å². The van der Waals surface area contributed by atoms with Crippen molar-refractivity contribution in [2.45, 2.75) is 33.4 Å². The van der Waals surface area contributed by atoms with Crippen molar-refractivity contribution >= 4 is 0 Å². The molecule has 0 bridgehead atoms. The molecular weight excluding hydrogens is 188 g/mol. The SMILES string of the molecule is CC(C)CNCC(C)NCc1cnc[nH]1. The minimum absolute atomic E-state index is 0.479. The number of aromatic amines is 1. The molecular formula is C11H22N4. The lowest BCUT2D eigenvalue weighted by Crippen LogP contribution is -2.37. The second kappa shape index (κ2) is 6.58. The van der Waals surface area contributed by atoms with Gasteiger partial charge in [0.1, 0.15) is 0 Å². The summed E-state index contributed by atoms with van der Waals surface area (Å²) in [5, 5.41) is 6.85. The van der Waals surface area contributed by atoms with E-state index in [9.17, 15) is 0 Å². The molecule has 0 radical (unpaired) electrons. The Morgan fingerprint density at radius 2 is 2.13 bits per heavy atom. The molecule has 1 aromatic heterocycles. The van der Waals surface area contributed by atoms with Crippen LogP contribution in [0.2, 0.25) is 0 Å². The second-order valence-corrected chi connectivity index (χ2v) is 4.41. The van der Waals surface area contributed by atoms with Crippen molar-refractivity contribution in [1.29, 1.82) is 0 Å².